The molecule has 21 heavy (non-hydrogen) atoms. The first kappa shape index (κ1) is 20.1. The Hall–Kier alpha value is -0.850. The number of hydrogen-bond donors (Lipinski definition) is 4. The quantitative estimate of drug-likeness (QED) is 0.251. The van der Waals surface area contributed by atoms with Gasteiger partial charge in [0.1, 0.15) is 12.2 Å². The summed E-state index contributed by atoms with van der Waals surface area (Å²) in [6, 6.07) is 0. The molecule has 2 atom stereocenters. The molecule has 0 amide bonds. The summed E-state index contributed by atoms with van der Waals surface area (Å²) in [5.74, 6) is -0.311. The van der Waals surface area contributed by atoms with Crippen LogP contribution in [-0.4, -0.2) is 55.9 Å². The molecule has 0 spiro atoms. The average molecular weight is 312 g/mol. The number of carbonyl (C=O) groups excluding carboxylic acids is 1. The van der Waals surface area contributed by atoms with Gasteiger partial charge >= 0.3 is 5.97 Å². The Morgan fingerprint density at radius 3 is 2.05 bits per heavy atom. The van der Waals surface area contributed by atoms with Gasteiger partial charge in [-0.25, -0.2) is 9.68 Å². The van der Waals surface area contributed by atoms with Crippen LogP contribution in [0, 0.1) is 0 Å². The summed E-state index contributed by atoms with van der Waals surface area (Å²) in [7, 11) is 0. The van der Waals surface area contributed by atoms with Gasteiger partial charge in [0.2, 0.25) is 0 Å². The molecule has 0 aromatic rings. The van der Waals surface area contributed by atoms with Gasteiger partial charge in [-0.2, -0.15) is 0 Å². The van der Waals surface area contributed by atoms with E-state index in [1.165, 1.54) is 6.92 Å². The zero-order valence-corrected chi connectivity index (χ0v) is 12.4. The van der Waals surface area contributed by atoms with Gasteiger partial charge in [0.25, 0.3) is 0 Å². The Balaban J connectivity index is 4.09. The lowest BCUT2D eigenvalue weighted by Crippen LogP contribution is -2.37. The van der Waals surface area contributed by atoms with Crippen molar-refractivity contribution >= 4 is 5.97 Å². The summed E-state index contributed by atoms with van der Waals surface area (Å²) in [5.41, 5.74) is 0. The minimum atomic E-state index is -0.871. The summed E-state index contributed by atoms with van der Waals surface area (Å²) < 4.78 is 4.97. The highest BCUT2D eigenvalue weighted by atomic mass is 17.1. The van der Waals surface area contributed by atoms with Crippen LogP contribution in [0.25, 0.3) is 0 Å². The predicted octanol–water partition coefficient (Wildman–Crippen LogP) is 1.28. The van der Waals surface area contributed by atoms with Gasteiger partial charge in [-0.3, -0.25) is 25.6 Å². The number of rotatable bonds is 11. The van der Waals surface area contributed by atoms with E-state index in [9.17, 15) is 4.79 Å². The number of unbranched alkanes of at least 4 members (excludes halogenated alkanes) is 1. The van der Waals surface area contributed by atoms with Gasteiger partial charge in [0.15, 0.2) is 0 Å². The van der Waals surface area contributed by atoms with Crippen molar-refractivity contribution in [1.29, 1.82) is 0 Å². The van der Waals surface area contributed by atoms with Crippen LogP contribution in [0.15, 0.2) is 0 Å². The third kappa shape index (κ3) is 11.5. The van der Waals surface area contributed by atoms with E-state index < -0.39 is 23.0 Å². The monoisotopic (exact) mass is 312 g/mol. The maximum atomic E-state index is 11.3. The molecule has 4 N–H and O–H groups in total. The van der Waals surface area contributed by atoms with Crippen LogP contribution >= 0.6 is 0 Å². The maximum absolute atomic E-state index is 11.3. The first-order valence-corrected chi connectivity index (χ1v) is 6.61. The van der Waals surface area contributed by atoms with Crippen molar-refractivity contribution in [2.24, 2.45) is 0 Å². The molecular formula is C11H24N2O8. The molecule has 0 radical (unpaired) electrons. The van der Waals surface area contributed by atoms with E-state index in [-0.39, 0.29) is 18.5 Å². The standard InChI is InChI=1S/C11H24N2O8/c1-8(2)19-11(14)7-5-4-6-10(21-13(17)18)9(3)20-12(15)16/h8-10,15-18H,4-7H2,1-3H3/t9-,10+/m0/s1. The van der Waals surface area contributed by atoms with Crippen molar-refractivity contribution in [2.45, 2.75) is 64.8 Å². The SMILES string of the molecule is CC(C)OC(=O)CCCC[C@@H](ON(O)O)[C@H](C)ON(O)O. The Morgan fingerprint density at radius 2 is 1.57 bits per heavy atom. The number of hydrogen-bond acceptors (Lipinski definition) is 10. The van der Waals surface area contributed by atoms with Crippen molar-refractivity contribution < 1.29 is 40.0 Å². The molecule has 0 rings (SSSR count). The maximum Gasteiger partial charge on any atom is 0.306 e. The molecule has 0 aliphatic carbocycles. The molecule has 0 aromatic carbocycles. The second-order valence-electron chi connectivity index (χ2n) is 4.74. The first-order chi connectivity index (χ1) is 9.72. The minimum Gasteiger partial charge on any atom is -0.463 e. The molecule has 0 saturated heterocycles. The highest BCUT2D eigenvalue weighted by Gasteiger charge is 2.23. The Kier molecular flexibility index (Phi) is 10.4. The van der Waals surface area contributed by atoms with Gasteiger partial charge in [-0.15, -0.1) is 0 Å². The topological polar surface area (TPSA) is 132 Å². The molecule has 0 unspecified atom stereocenters. The van der Waals surface area contributed by atoms with Crippen LogP contribution in [0.5, 0.6) is 0 Å². The van der Waals surface area contributed by atoms with Gasteiger partial charge < -0.3 is 4.74 Å². The summed E-state index contributed by atoms with van der Waals surface area (Å²) in [5, 5.41) is 33.4. The van der Waals surface area contributed by atoms with Gasteiger partial charge in [-0.1, -0.05) is 6.42 Å². The van der Waals surface area contributed by atoms with Crippen molar-refractivity contribution in [2.75, 3.05) is 0 Å². The lowest BCUT2D eigenvalue weighted by molar-refractivity contribution is -0.537. The molecule has 0 fully saturated rings. The van der Waals surface area contributed by atoms with Crippen molar-refractivity contribution in [1.82, 2.24) is 10.8 Å². The summed E-state index contributed by atoms with van der Waals surface area (Å²) >= 11 is 0. The van der Waals surface area contributed by atoms with E-state index in [2.05, 4.69) is 9.68 Å². The normalized spacial score (nSPS) is 14.8. The summed E-state index contributed by atoms with van der Waals surface area (Å²) in [6.45, 7) is 4.96. The smallest absolute Gasteiger partial charge is 0.306 e. The molecule has 0 bridgehead atoms. The van der Waals surface area contributed by atoms with E-state index in [0.717, 1.165) is 0 Å². The van der Waals surface area contributed by atoms with Crippen molar-refractivity contribution in [3.05, 3.63) is 0 Å². The molecule has 126 valence electrons. The third-order valence-corrected chi connectivity index (χ3v) is 2.50. The first-order valence-electron chi connectivity index (χ1n) is 6.61. The van der Waals surface area contributed by atoms with Crippen LogP contribution in [-0.2, 0) is 19.2 Å². The molecular weight excluding hydrogens is 288 g/mol. The van der Waals surface area contributed by atoms with E-state index in [4.69, 9.17) is 25.6 Å². The van der Waals surface area contributed by atoms with Crippen molar-refractivity contribution in [3.8, 4) is 0 Å². The lowest BCUT2D eigenvalue weighted by Gasteiger charge is -2.24. The highest BCUT2D eigenvalue weighted by molar-refractivity contribution is 5.69. The predicted molar refractivity (Wildman–Crippen MR) is 65.9 cm³/mol. The van der Waals surface area contributed by atoms with Crippen LogP contribution in [0.4, 0.5) is 0 Å². The fourth-order valence-corrected chi connectivity index (χ4v) is 1.65. The minimum absolute atomic E-state index is 0.167. The molecule has 0 saturated carbocycles. The zero-order chi connectivity index (χ0) is 16.4. The van der Waals surface area contributed by atoms with Crippen LogP contribution in [0.3, 0.4) is 0 Å². The van der Waals surface area contributed by atoms with E-state index in [0.29, 0.717) is 19.3 Å². The molecule has 10 heteroatoms. The second-order valence-corrected chi connectivity index (χ2v) is 4.74. The molecule has 0 heterocycles. The average Bonchev–Trinajstić information content (AvgIpc) is 2.30. The van der Waals surface area contributed by atoms with Crippen LogP contribution in [0.2, 0.25) is 0 Å². The molecule has 0 aliphatic heterocycles. The number of esters is 1. The highest BCUT2D eigenvalue weighted by Crippen LogP contribution is 2.14. The second kappa shape index (κ2) is 10.8. The van der Waals surface area contributed by atoms with E-state index in [1.54, 1.807) is 13.8 Å². The fraction of sp³-hybridized carbons (Fsp3) is 0.909. The Morgan fingerprint density at radius 1 is 1.00 bits per heavy atom. The zero-order valence-electron chi connectivity index (χ0n) is 12.4. The van der Waals surface area contributed by atoms with Gasteiger partial charge in [0.05, 0.1) is 16.9 Å². The summed E-state index contributed by atoms with van der Waals surface area (Å²) in [4.78, 5) is 20.5. The van der Waals surface area contributed by atoms with E-state index >= 15 is 0 Å². The fourth-order valence-electron chi connectivity index (χ4n) is 1.65. The molecule has 10 nitrogen and oxygen atoms in total. The number of ether oxygens (including phenoxy) is 1. The third-order valence-electron chi connectivity index (χ3n) is 2.50. The molecule has 0 aromatic heterocycles. The lowest BCUT2D eigenvalue weighted by atomic mass is 10.1. The Labute approximate surface area is 122 Å². The van der Waals surface area contributed by atoms with Gasteiger partial charge in [0, 0.05) is 6.42 Å². The van der Waals surface area contributed by atoms with E-state index in [1.807, 2.05) is 0 Å². The summed E-state index contributed by atoms with van der Waals surface area (Å²) in [6.07, 6.45) is -0.352. The van der Waals surface area contributed by atoms with Gasteiger partial charge in [-0.05, 0) is 33.6 Å². The Bertz CT molecular complexity index is 287. The molecule has 0 aliphatic rings. The van der Waals surface area contributed by atoms with Crippen LogP contribution in [0.1, 0.15) is 46.5 Å². The number of nitrogens with zero attached hydrogens (tertiary/aromatic N) is 2. The number of carbonyl (C=O) groups is 1. The van der Waals surface area contributed by atoms with Crippen molar-refractivity contribution in [3.63, 3.8) is 0 Å². The van der Waals surface area contributed by atoms with Crippen LogP contribution < -0.4 is 0 Å². The largest absolute Gasteiger partial charge is 0.463 e.